The molecule has 4 heteroatoms. The summed E-state index contributed by atoms with van der Waals surface area (Å²) in [5, 5.41) is 3.10. The number of hydrogen-bond acceptors (Lipinski definition) is 4. The first-order chi connectivity index (χ1) is 7.27. The Hall–Kier alpha value is -1.58. The second kappa shape index (κ2) is 6.01. The van der Waals surface area contributed by atoms with E-state index in [4.69, 9.17) is 4.74 Å². The van der Waals surface area contributed by atoms with E-state index in [2.05, 4.69) is 10.3 Å². The molecule has 1 N–H and O–H groups in total. The summed E-state index contributed by atoms with van der Waals surface area (Å²) in [5.74, 6) is 0.484. The van der Waals surface area contributed by atoms with Crippen LogP contribution >= 0.6 is 0 Å². The highest BCUT2D eigenvalue weighted by Gasteiger charge is 2.16. The average molecular weight is 208 g/mol. The van der Waals surface area contributed by atoms with Crippen molar-refractivity contribution in [2.75, 3.05) is 19.0 Å². The van der Waals surface area contributed by atoms with Crippen LogP contribution in [0.1, 0.15) is 13.3 Å². The summed E-state index contributed by atoms with van der Waals surface area (Å²) in [6, 6.07) is 5.61. The number of nitrogens with zero attached hydrogens (tertiary/aromatic N) is 1. The first-order valence-electron chi connectivity index (χ1n) is 5.00. The molecule has 0 saturated heterocycles. The van der Waals surface area contributed by atoms with Crippen molar-refractivity contribution in [3.05, 3.63) is 24.4 Å². The van der Waals surface area contributed by atoms with E-state index in [9.17, 15) is 4.79 Å². The zero-order valence-corrected chi connectivity index (χ0v) is 9.06. The molecule has 0 fully saturated rings. The molecular formula is C11H16N2O2. The van der Waals surface area contributed by atoms with Crippen LogP contribution in [0.5, 0.6) is 0 Å². The third-order valence-electron chi connectivity index (χ3n) is 2.22. The van der Waals surface area contributed by atoms with Crippen molar-refractivity contribution in [1.82, 2.24) is 4.98 Å². The van der Waals surface area contributed by atoms with E-state index >= 15 is 0 Å². The lowest BCUT2D eigenvalue weighted by atomic mass is 10.1. The fourth-order valence-electron chi connectivity index (χ4n) is 1.26. The number of rotatable bonds is 5. The van der Waals surface area contributed by atoms with E-state index in [0.717, 1.165) is 12.2 Å². The van der Waals surface area contributed by atoms with Crippen molar-refractivity contribution in [3.63, 3.8) is 0 Å². The van der Waals surface area contributed by atoms with Crippen LogP contribution in [-0.2, 0) is 9.53 Å². The fourth-order valence-corrected chi connectivity index (χ4v) is 1.26. The smallest absolute Gasteiger partial charge is 0.310 e. The standard InChI is InChI=1S/C11H16N2O2/c1-3-9(11(14)15-2)8-13-10-6-4-5-7-12-10/h4-7,9H,3,8H2,1-2H3,(H,12,13). The Kier molecular flexibility index (Phi) is 4.60. The molecule has 1 heterocycles. The van der Waals surface area contributed by atoms with Gasteiger partial charge in [-0.05, 0) is 18.6 Å². The second-order valence-corrected chi connectivity index (χ2v) is 3.22. The summed E-state index contributed by atoms with van der Waals surface area (Å²) in [4.78, 5) is 15.4. The summed E-state index contributed by atoms with van der Waals surface area (Å²) >= 11 is 0. The number of methoxy groups -OCH3 is 1. The molecule has 1 aromatic rings. The molecule has 82 valence electrons. The van der Waals surface area contributed by atoms with Gasteiger partial charge in [0.2, 0.25) is 0 Å². The molecule has 1 unspecified atom stereocenters. The van der Waals surface area contributed by atoms with Crippen LogP contribution in [0, 0.1) is 5.92 Å². The van der Waals surface area contributed by atoms with Gasteiger partial charge < -0.3 is 10.1 Å². The highest BCUT2D eigenvalue weighted by molar-refractivity contribution is 5.72. The average Bonchev–Trinajstić information content (AvgIpc) is 2.31. The topological polar surface area (TPSA) is 51.2 Å². The highest BCUT2D eigenvalue weighted by Crippen LogP contribution is 2.07. The number of pyridine rings is 1. The van der Waals surface area contributed by atoms with Gasteiger partial charge in [0.25, 0.3) is 0 Å². The van der Waals surface area contributed by atoms with Gasteiger partial charge in [-0.15, -0.1) is 0 Å². The number of carbonyl (C=O) groups is 1. The van der Waals surface area contributed by atoms with Crippen LogP contribution in [-0.4, -0.2) is 24.6 Å². The second-order valence-electron chi connectivity index (χ2n) is 3.22. The fraction of sp³-hybridized carbons (Fsp3) is 0.455. The molecular weight excluding hydrogens is 192 g/mol. The Bertz CT molecular complexity index is 301. The van der Waals surface area contributed by atoms with E-state index in [0.29, 0.717) is 6.54 Å². The van der Waals surface area contributed by atoms with Gasteiger partial charge in [0, 0.05) is 12.7 Å². The predicted molar refractivity (Wildman–Crippen MR) is 58.5 cm³/mol. The first-order valence-corrected chi connectivity index (χ1v) is 5.00. The first kappa shape index (κ1) is 11.5. The number of carbonyl (C=O) groups excluding carboxylic acids is 1. The third-order valence-corrected chi connectivity index (χ3v) is 2.22. The van der Waals surface area contributed by atoms with Gasteiger partial charge in [0.15, 0.2) is 0 Å². The van der Waals surface area contributed by atoms with E-state index in [1.54, 1.807) is 6.20 Å². The van der Waals surface area contributed by atoms with Gasteiger partial charge in [0.1, 0.15) is 5.82 Å². The summed E-state index contributed by atoms with van der Waals surface area (Å²) in [6.45, 7) is 2.52. The van der Waals surface area contributed by atoms with Gasteiger partial charge >= 0.3 is 5.97 Å². The molecule has 0 amide bonds. The number of esters is 1. The Morgan fingerprint density at radius 2 is 2.40 bits per heavy atom. The monoisotopic (exact) mass is 208 g/mol. The van der Waals surface area contributed by atoms with Gasteiger partial charge in [-0.1, -0.05) is 13.0 Å². The van der Waals surface area contributed by atoms with E-state index in [1.165, 1.54) is 7.11 Å². The summed E-state index contributed by atoms with van der Waals surface area (Å²) < 4.78 is 4.69. The molecule has 0 radical (unpaired) electrons. The van der Waals surface area contributed by atoms with Crippen LogP contribution in [0.2, 0.25) is 0 Å². The molecule has 4 nitrogen and oxygen atoms in total. The van der Waals surface area contributed by atoms with E-state index in [1.807, 2.05) is 25.1 Å². The van der Waals surface area contributed by atoms with Gasteiger partial charge in [-0.2, -0.15) is 0 Å². The molecule has 0 aliphatic carbocycles. The predicted octanol–water partition coefficient (Wildman–Crippen LogP) is 1.69. The van der Waals surface area contributed by atoms with Gasteiger partial charge in [0.05, 0.1) is 13.0 Å². The van der Waals surface area contributed by atoms with Crippen molar-refractivity contribution in [1.29, 1.82) is 0 Å². The Morgan fingerprint density at radius 1 is 1.60 bits per heavy atom. The van der Waals surface area contributed by atoms with Crippen LogP contribution in [0.4, 0.5) is 5.82 Å². The van der Waals surface area contributed by atoms with Crippen LogP contribution in [0.3, 0.4) is 0 Å². The number of aromatic nitrogens is 1. The van der Waals surface area contributed by atoms with Crippen molar-refractivity contribution < 1.29 is 9.53 Å². The highest BCUT2D eigenvalue weighted by atomic mass is 16.5. The maximum absolute atomic E-state index is 11.3. The third kappa shape index (κ3) is 3.58. The maximum Gasteiger partial charge on any atom is 0.310 e. The SMILES string of the molecule is CCC(CNc1ccccn1)C(=O)OC. The zero-order valence-electron chi connectivity index (χ0n) is 9.06. The molecule has 1 aromatic heterocycles. The lowest BCUT2D eigenvalue weighted by molar-refractivity contribution is -0.145. The Balaban J connectivity index is 2.44. The summed E-state index contributed by atoms with van der Waals surface area (Å²) in [7, 11) is 1.41. The van der Waals surface area contributed by atoms with Crippen LogP contribution in [0.25, 0.3) is 0 Å². The molecule has 0 aromatic carbocycles. The van der Waals surface area contributed by atoms with Crippen molar-refractivity contribution >= 4 is 11.8 Å². The molecule has 0 bridgehead atoms. The van der Waals surface area contributed by atoms with Crippen molar-refractivity contribution in [2.45, 2.75) is 13.3 Å². The lowest BCUT2D eigenvalue weighted by Crippen LogP contribution is -2.23. The maximum atomic E-state index is 11.3. The van der Waals surface area contributed by atoms with E-state index < -0.39 is 0 Å². The van der Waals surface area contributed by atoms with Crippen molar-refractivity contribution in [3.8, 4) is 0 Å². The Labute approximate surface area is 89.7 Å². The van der Waals surface area contributed by atoms with E-state index in [-0.39, 0.29) is 11.9 Å². The number of anilines is 1. The van der Waals surface area contributed by atoms with Gasteiger partial charge in [-0.25, -0.2) is 4.98 Å². The minimum absolute atomic E-state index is 0.114. The molecule has 0 aliphatic rings. The van der Waals surface area contributed by atoms with Crippen LogP contribution in [0.15, 0.2) is 24.4 Å². The number of hydrogen-bond donors (Lipinski definition) is 1. The minimum atomic E-state index is -0.180. The minimum Gasteiger partial charge on any atom is -0.469 e. The van der Waals surface area contributed by atoms with Crippen LogP contribution < -0.4 is 5.32 Å². The molecule has 0 spiro atoms. The molecule has 1 rings (SSSR count). The molecule has 0 saturated carbocycles. The molecule has 15 heavy (non-hydrogen) atoms. The normalized spacial score (nSPS) is 11.9. The molecule has 0 aliphatic heterocycles. The lowest BCUT2D eigenvalue weighted by Gasteiger charge is -2.13. The number of ether oxygens (including phenoxy) is 1. The van der Waals surface area contributed by atoms with Crippen molar-refractivity contribution in [2.24, 2.45) is 5.92 Å². The Morgan fingerprint density at radius 3 is 2.93 bits per heavy atom. The largest absolute Gasteiger partial charge is 0.469 e. The zero-order chi connectivity index (χ0) is 11.1. The van der Waals surface area contributed by atoms with Gasteiger partial charge in [-0.3, -0.25) is 4.79 Å². The summed E-state index contributed by atoms with van der Waals surface area (Å²) in [6.07, 6.45) is 2.47. The number of nitrogens with one attached hydrogen (secondary N) is 1. The quantitative estimate of drug-likeness (QED) is 0.748. The molecule has 1 atom stereocenters. The summed E-state index contributed by atoms with van der Waals surface area (Å²) in [5.41, 5.74) is 0.